The Labute approximate surface area is 125 Å². The molecule has 0 radical (unpaired) electrons. The lowest BCUT2D eigenvalue weighted by Crippen LogP contribution is -2.53. The van der Waals surface area contributed by atoms with Crippen molar-refractivity contribution >= 4 is 0 Å². The number of piperazine rings is 1. The van der Waals surface area contributed by atoms with Crippen molar-refractivity contribution in [1.29, 1.82) is 0 Å². The lowest BCUT2D eigenvalue weighted by atomic mass is 10.1. The van der Waals surface area contributed by atoms with E-state index in [0.717, 1.165) is 12.1 Å². The number of likely N-dealkylation sites (N-methyl/N-ethyl adjacent to an activating group) is 1. The summed E-state index contributed by atoms with van der Waals surface area (Å²) in [5, 5.41) is 3.73. The molecule has 1 atom stereocenters. The van der Waals surface area contributed by atoms with Gasteiger partial charge in [0.15, 0.2) is 0 Å². The first kappa shape index (κ1) is 16.2. The van der Waals surface area contributed by atoms with Crippen LogP contribution in [0.5, 0.6) is 0 Å². The molecule has 1 unspecified atom stereocenters. The molecule has 1 aliphatic heterocycles. The summed E-state index contributed by atoms with van der Waals surface area (Å²) in [5.74, 6) is 0. The molecule has 0 aromatic rings. The van der Waals surface area contributed by atoms with Crippen LogP contribution in [0.25, 0.3) is 0 Å². The van der Waals surface area contributed by atoms with E-state index in [1.54, 1.807) is 0 Å². The van der Waals surface area contributed by atoms with E-state index >= 15 is 0 Å². The molecule has 4 nitrogen and oxygen atoms in total. The smallest absolute Gasteiger partial charge is 0.0221 e. The van der Waals surface area contributed by atoms with Crippen molar-refractivity contribution in [1.82, 2.24) is 20.0 Å². The maximum Gasteiger partial charge on any atom is 0.0221 e. The minimum atomic E-state index is 0.761. The highest BCUT2D eigenvalue weighted by molar-refractivity contribution is 4.85. The van der Waals surface area contributed by atoms with Gasteiger partial charge in [-0.25, -0.2) is 0 Å². The largest absolute Gasteiger partial charge is 0.312 e. The lowest BCUT2D eigenvalue weighted by Gasteiger charge is -2.39. The van der Waals surface area contributed by atoms with E-state index in [-0.39, 0.29) is 0 Å². The summed E-state index contributed by atoms with van der Waals surface area (Å²) < 4.78 is 0. The van der Waals surface area contributed by atoms with Crippen LogP contribution >= 0.6 is 0 Å². The summed E-state index contributed by atoms with van der Waals surface area (Å²) in [4.78, 5) is 7.63. The van der Waals surface area contributed by atoms with Crippen LogP contribution in [0.15, 0.2) is 0 Å². The van der Waals surface area contributed by atoms with Crippen molar-refractivity contribution in [3.05, 3.63) is 0 Å². The maximum absolute atomic E-state index is 3.73. The molecule has 1 saturated heterocycles. The van der Waals surface area contributed by atoms with Crippen molar-refractivity contribution in [2.24, 2.45) is 0 Å². The number of nitrogens with zero attached hydrogens (tertiary/aromatic N) is 3. The van der Waals surface area contributed by atoms with Gasteiger partial charge in [-0.1, -0.05) is 13.3 Å². The van der Waals surface area contributed by atoms with Crippen LogP contribution in [0.1, 0.15) is 32.6 Å². The van der Waals surface area contributed by atoms with E-state index < -0.39 is 0 Å². The van der Waals surface area contributed by atoms with Crippen molar-refractivity contribution < 1.29 is 0 Å². The first-order valence-corrected chi connectivity index (χ1v) is 8.53. The Morgan fingerprint density at radius 1 is 1.15 bits per heavy atom. The van der Waals surface area contributed by atoms with Gasteiger partial charge in [0.05, 0.1) is 0 Å². The fraction of sp³-hybridized carbons (Fsp3) is 1.00. The van der Waals surface area contributed by atoms with Gasteiger partial charge in [0.25, 0.3) is 0 Å². The predicted molar refractivity (Wildman–Crippen MR) is 86.3 cm³/mol. The van der Waals surface area contributed by atoms with Crippen LogP contribution < -0.4 is 5.32 Å². The minimum Gasteiger partial charge on any atom is -0.312 e. The van der Waals surface area contributed by atoms with Crippen LogP contribution in [0.3, 0.4) is 0 Å². The number of nitrogens with one attached hydrogen (secondary N) is 1. The Morgan fingerprint density at radius 3 is 2.40 bits per heavy atom. The molecule has 0 aromatic carbocycles. The van der Waals surface area contributed by atoms with Gasteiger partial charge in [0.2, 0.25) is 0 Å². The molecule has 0 aromatic heterocycles. The highest BCUT2D eigenvalue weighted by atomic mass is 15.3. The van der Waals surface area contributed by atoms with E-state index in [1.165, 1.54) is 71.5 Å². The Balaban J connectivity index is 1.68. The minimum absolute atomic E-state index is 0.761. The third-order valence-corrected chi connectivity index (χ3v) is 4.63. The molecular weight excluding hydrogens is 248 g/mol. The van der Waals surface area contributed by atoms with Crippen molar-refractivity contribution in [3.8, 4) is 0 Å². The summed E-state index contributed by atoms with van der Waals surface area (Å²) >= 11 is 0. The molecule has 2 fully saturated rings. The first-order chi connectivity index (χ1) is 9.69. The van der Waals surface area contributed by atoms with E-state index in [0.29, 0.717) is 0 Å². The summed E-state index contributed by atoms with van der Waals surface area (Å²) in [7, 11) is 4.33. The van der Waals surface area contributed by atoms with E-state index in [9.17, 15) is 0 Å². The molecule has 2 aliphatic rings. The Morgan fingerprint density at radius 2 is 1.85 bits per heavy atom. The monoisotopic (exact) mass is 282 g/mol. The quantitative estimate of drug-likeness (QED) is 0.683. The van der Waals surface area contributed by atoms with Crippen LogP contribution in [0.4, 0.5) is 0 Å². The van der Waals surface area contributed by atoms with Crippen LogP contribution in [-0.2, 0) is 0 Å². The lowest BCUT2D eigenvalue weighted by molar-refractivity contribution is 0.0869. The normalized spacial score (nSPS) is 23.4. The standard InChI is InChI=1S/C16H34N4/c1-4-5-16(14-17-15-6-7-15)20-12-10-19(11-13-20)9-8-18(2)3/h15-17H,4-14H2,1-3H3. The average Bonchev–Trinajstić information content (AvgIpc) is 3.26. The Hall–Kier alpha value is -0.160. The first-order valence-electron chi connectivity index (χ1n) is 8.53. The van der Waals surface area contributed by atoms with Gasteiger partial charge in [-0.3, -0.25) is 9.80 Å². The van der Waals surface area contributed by atoms with Crippen LogP contribution in [-0.4, -0.2) is 86.7 Å². The second-order valence-electron chi connectivity index (χ2n) is 6.81. The molecule has 0 spiro atoms. The van der Waals surface area contributed by atoms with Crippen molar-refractivity contribution in [2.45, 2.75) is 44.7 Å². The zero-order valence-electron chi connectivity index (χ0n) is 13.8. The molecule has 2 rings (SSSR count). The summed E-state index contributed by atoms with van der Waals surface area (Å²) in [6, 6.07) is 1.60. The average molecular weight is 282 g/mol. The highest BCUT2D eigenvalue weighted by Crippen LogP contribution is 2.19. The Bertz CT molecular complexity index is 257. The number of rotatable bonds is 9. The molecule has 1 N–H and O–H groups in total. The molecular formula is C16H34N4. The molecule has 1 heterocycles. The highest BCUT2D eigenvalue weighted by Gasteiger charge is 2.26. The van der Waals surface area contributed by atoms with Gasteiger partial charge in [-0.15, -0.1) is 0 Å². The van der Waals surface area contributed by atoms with Gasteiger partial charge in [0, 0.05) is 57.9 Å². The van der Waals surface area contributed by atoms with Gasteiger partial charge in [-0.2, -0.15) is 0 Å². The molecule has 4 heteroatoms. The zero-order chi connectivity index (χ0) is 14.4. The van der Waals surface area contributed by atoms with Gasteiger partial charge >= 0.3 is 0 Å². The van der Waals surface area contributed by atoms with Gasteiger partial charge < -0.3 is 10.2 Å². The molecule has 1 aliphatic carbocycles. The third kappa shape index (κ3) is 5.68. The molecule has 0 bridgehead atoms. The van der Waals surface area contributed by atoms with Crippen LogP contribution in [0.2, 0.25) is 0 Å². The number of hydrogen-bond acceptors (Lipinski definition) is 4. The zero-order valence-corrected chi connectivity index (χ0v) is 13.8. The topological polar surface area (TPSA) is 21.8 Å². The second kappa shape index (κ2) is 8.32. The molecule has 1 saturated carbocycles. The maximum atomic E-state index is 3.73. The van der Waals surface area contributed by atoms with Gasteiger partial charge in [-0.05, 0) is 33.4 Å². The van der Waals surface area contributed by atoms with E-state index in [2.05, 4.69) is 41.0 Å². The van der Waals surface area contributed by atoms with E-state index in [1.807, 2.05) is 0 Å². The predicted octanol–water partition coefficient (Wildman–Crippen LogP) is 1.09. The summed E-state index contributed by atoms with van der Waals surface area (Å²) in [6.07, 6.45) is 5.45. The second-order valence-corrected chi connectivity index (χ2v) is 6.81. The van der Waals surface area contributed by atoms with Gasteiger partial charge in [0.1, 0.15) is 0 Å². The molecule has 0 amide bonds. The fourth-order valence-corrected chi connectivity index (χ4v) is 3.03. The summed E-state index contributed by atoms with van der Waals surface area (Å²) in [6.45, 7) is 10.9. The SMILES string of the molecule is CCCC(CNC1CC1)N1CCN(CCN(C)C)CC1. The third-order valence-electron chi connectivity index (χ3n) is 4.63. The van der Waals surface area contributed by atoms with Crippen LogP contribution in [0, 0.1) is 0 Å². The van der Waals surface area contributed by atoms with E-state index in [4.69, 9.17) is 0 Å². The Kier molecular flexibility index (Phi) is 6.75. The molecule has 20 heavy (non-hydrogen) atoms. The summed E-state index contributed by atoms with van der Waals surface area (Å²) in [5.41, 5.74) is 0. The molecule has 118 valence electrons. The number of hydrogen-bond donors (Lipinski definition) is 1. The fourth-order valence-electron chi connectivity index (χ4n) is 3.03. The van der Waals surface area contributed by atoms with Crippen molar-refractivity contribution in [3.63, 3.8) is 0 Å². The van der Waals surface area contributed by atoms with Crippen molar-refractivity contribution in [2.75, 3.05) is 59.9 Å².